The molecule has 7 nitrogen and oxygen atoms in total. The first kappa shape index (κ1) is 20.7. The van der Waals surface area contributed by atoms with Crippen LogP contribution in [0, 0.1) is 5.92 Å². The minimum absolute atomic E-state index is 0.151. The number of halogens is 2. The highest BCUT2D eigenvalue weighted by molar-refractivity contribution is 6.42. The van der Waals surface area contributed by atoms with Crippen LogP contribution in [0.2, 0.25) is 10.0 Å². The summed E-state index contributed by atoms with van der Waals surface area (Å²) in [6.07, 6.45) is 1.34. The summed E-state index contributed by atoms with van der Waals surface area (Å²) in [6.45, 7) is 4.73. The molecule has 2 aliphatic rings. The smallest absolute Gasteiger partial charge is 0.321 e. The van der Waals surface area contributed by atoms with E-state index in [2.05, 4.69) is 16.0 Å². The van der Waals surface area contributed by atoms with Gasteiger partial charge >= 0.3 is 6.03 Å². The van der Waals surface area contributed by atoms with Gasteiger partial charge in [0, 0.05) is 18.8 Å². The number of hydrogen-bond donors (Lipinski definition) is 3. The van der Waals surface area contributed by atoms with E-state index in [4.69, 9.17) is 23.2 Å². The number of anilines is 1. The zero-order chi connectivity index (χ0) is 20.5. The highest BCUT2D eigenvalue weighted by Crippen LogP contribution is 2.28. The predicted octanol–water partition coefficient (Wildman–Crippen LogP) is 3.02. The summed E-state index contributed by atoms with van der Waals surface area (Å²) >= 11 is 11.9. The Kier molecular flexibility index (Phi) is 6.05. The van der Waals surface area contributed by atoms with Crippen molar-refractivity contribution in [1.82, 2.24) is 15.5 Å². The fourth-order valence-electron chi connectivity index (χ4n) is 3.60. The quantitative estimate of drug-likeness (QED) is 0.693. The van der Waals surface area contributed by atoms with Crippen LogP contribution in [0.3, 0.4) is 0 Å². The molecule has 0 bridgehead atoms. The number of carbonyl (C=O) groups is 3. The van der Waals surface area contributed by atoms with Crippen molar-refractivity contribution in [2.45, 2.75) is 44.7 Å². The third-order valence-corrected chi connectivity index (χ3v) is 5.94. The standard InChI is InChI=1S/C19H24Cl2N4O3/c1-11(2)9-15-16(26)24-19(17(27)23-15)5-7-25(8-6-19)18(28)22-12-3-4-13(20)14(21)10-12/h3-4,10-11,15H,5-9H2,1-2H3,(H,22,28)(H,23,27)(H,24,26). The number of hydrogen-bond acceptors (Lipinski definition) is 3. The molecule has 152 valence electrons. The molecule has 0 saturated carbocycles. The maximum atomic E-state index is 12.7. The first-order valence-corrected chi connectivity index (χ1v) is 10.1. The second-order valence-corrected chi connectivity index (χ2v) is 8.59. The van der Waals surface area contributed by atoms with Gasteiger partial charge in [0.1, 0.15) is 11.6 Å². The van der Waals surface area contributed by atoms with Crippen LogP contribution in [0.1, 0.15) is 33.1 Å². The normalized spacial score (nSPS) is 21.5. The third kappa shape index (κ3) is 4.36. The van der Waals surface area contributed by atoms with Crippen molar-refractivity contribution >= 4 is 46.7 Å². The van der Waals surface area contributed by atoms with E-state index in [0.29, 0.717) is 54.0 Å². The number of carbonyl (C=O) groups excluding carboxylic acids is 3. The minimum Gasteiger partial charge on any atom is -0.342 e. The van der Waals surface area contributed by atoms with Crippen molar-refractivity contribution in [2.75, 3.05) is 18.4 Å². The van der Waals surface area contributed by atoms with E-state index >= 15 is 0 Å². The van der Waals surface area contributed by atoms with Crippen LogP contribution >= 0.6 is 23.2 Å². The molecule has 2 aliphatic heterocycles. The Labute approximate surface area is 174 Å². The van der Waals surface area contributed by atoms with Gasteiger partial charge in [-0.2, -0.15) is 0 Å². The number of piperazine rings is 1. The molecular formula is C19H24Cl2N4O3. The Hall–Kier alpha value is -1.99. The van der Waals surface area contributed by atoms with Crippen molar-refractivity contribution in [1.29, 1.82) is 0 Å². The van der Waals surface area contributed by atoms with Crippen LogP contribution in [-0.4, -0.2) is 47.4 Å². The molecule has 1 unspecified atom stereocenters. The maximum Gasteiger partial charge on any atom is 0.321 e. The highest BCUT2D eigenvalue weighted by Gasteiger charge is 2.48. The van der Waals surface area contributed by atoms with Crippen molar-refractivity contribution in [3.8, 4) is 0 Å². The van der Waals surface area contributed by atoms with Crippen molar-refractivity contribution in [3.63, 3.8) is 0 Å². The maximum absolute atomic E-state index is 12.7. The number of piperidine rings is 1. The second kappa shape index (κ2) is 8.17. The van der Waals surface area contributed by atoms with Gasteiger partial charge in [0.15, 0.2) is 0 Å². The topological polar surface area (TPSA) is 90.5 Å². The zero-order valence-corrected chi connectivity index (χ0v) is 17.4. The van der Waals surface area contributed by atoms with E-state index < -0.39 is 11.6 Å². The lowest BCUT2D eigenvalue weighted by Crippen LogP contribution is -2.72. The van der Waals surface area contributed by atoms with Crippen LogP contribution < -0.4 is 16.0 Å². The summed E-state index contributed by atoms with van der Waals surface area (Å²) in [6, 6.07) is 4.08. The summed E-state index contributed by atoms with van der Waals surface area (Å²) < 4.78 is 0. The number of benzene rings is 1. The van der Waals surface area contributed by atoms with Gasteiger partial charge in [-0.15, -0.1) is 0 Å². The molecule has 3 rings (SSSR count). The summed E-state index contributed by atoms with van der Waals surface area (Å²) in [7, 11) is 0. The van der Waals surface area contributed by atoms with Gasteiger partial charge in [-0.05, 0) is 43.4 Å². The van der Waals surface area contributed by atoms with Gasteiger partial charge in [-0.3, -0.25) is 9.59 Å². The number of nitrogens with zero attached hydrogens (tertiary/aromatic N) is 1. The van der Waals surface area contributed by atoms with Crippen LogP contribution in [0.5, 0.6) is 0 Å². The highest BCUT2D eigenvalue weighted by atomic mass is 35.5. The molecule has 3 N–H and O–H groups in total. The zero-order valence-electron chi connectivity index (χ0n) is 15.9. The number of likely N-dealkylation sites (tertiary alicyclic amines) is 1. The van der Waals surface area contributed by atoms with Crippen LogP contribution in [0.25, 0.3) is 0 Å². The molecule has 28 heavy (non-hydrogen) atoms. The van der Waals surface area contributed by atoms with Crippen molar-refractivity contribution in [3.05, 3.63) is 28.2 Å². The average Bonchev–Trinajstić information content (AvgIpc) is 2.63. The average molecular weight is 427 g/mol. The third-order valence-electron chi connectivity index (χ3n) is 5.20. The van der Waals surface area contributed by atoms with Gasteiger partial charge < -0.3 is 20.9 Å². The van der Waals surface area contributed by atoms with Gasteiger partial charge in [-0.25, -0.2) is 4.79 Å². The summed E-state index contributed by atoms with van der Waals surface area (Å²) in [5, 5.41) is 9.32. The summed E-state index contributed by atoms with van der Waals surface area (Å²) in [4.78, 5) is 39.2. The lowest BCUT2D eigenvalue weighted by Gasteiger charge is -2.45. The number of urea groups is 1. The summed E-state index contributed by atoms with van der Waals surface area (Å²) in [5.41, 5.74) is -0.398. The molecule has 2 heterocycles. The molecule has 0 radical (unpaired) electrons. The predicted molar refractivity (Wildman–Crippen MR) is 109 cm³/mol. The SMILES string of the molecule is CC(C)CC1NC(=O)C2(CCN(C(=O)Nc3ccc(Cl)c(Cl)c3)CC2)NC1=O. The van der Waals surface area contributed by atoms with Gasteiger partial charge in [0.05, 0.1) is 10.0 Å². The minimum atomic E-state index is -0.940. The lowest BCUT2D eigenvalue weighted by atomic mass is 9.83. The number of nitrogens with one attached hydrogen (secondary N) is 3. The van der Waals surface area contributed by atoms with Crippen LogP contribution in [0.4, 0.5) is 10.5 Å². The van der Waals surface area contributed by atoms with Crippen LogP contribution in [-0.2, 0) is 9.59 Å². The molecule has 1 aromatic carbocycles. The van der Waals surface area contributed by atoms with E-state index in [0.717, 1.165) is 0 Å². The Morgan fingerprint density at radius 3 is 2.54 bits per heavy atom. The first-order chi connectivity index (χ1) is 13.2. The van der Waals surface area contributed by atoms with Gasteiger partial charge in [0.2, 0.25) is 11.8 Å². The largest absolute Gasteiger partial charge is 0.342 e. The van der Waals surface area contributed by atoms with Gasteiger partial charge in [-0.1, -0.05) is 37.0 Å². The fraction of sp³-hybridized carbons (Fsp3) is 0.526. The molecule has 1 spiro atoms. The van der Waals surface area contributed by atoms with Crippen molar-refractivity contribution < 1.29 is 14.4 Å². The molecule has 4 amide bonds. The van der Waals surface area contributed by atoms with E-state index in [9.17, 15) is 14.4 Å². The fourth-order valence-corrected chi connectivity index (χ4v) is 3.90. The number of amides is 4. The van der Waals surface area contributed by atoms with Crippen LogP contribution in [0.15, 0.2) is 18.2 Å². The molecule has 9 heteroatoms. The lowest BCUT2D eigenvalue weighted by molar-refractivity contribution is -0.143. The molecule has 1 atom stereocenters. The van der Waals surface area contributed by atoms with E-state index in [1.807, 2.05) is 13.8 Å². The molecule has 2 fully saturated rings. The van der Waals surface area contributed by atoms with E-state index in [1.54, 1.807) is 23.1 Å². The number of rotatable bonds is 3. The molecular weight excluding hydrogens is 403 g/mol. The Bertz CT molecular complexity index is 791. The molecule has 0 aromatic heterocycles. The molecule has 2 saturated heterocycles. The van der Waals surface area contributed by atoms with E-state index in [-0.39, 0.29) is 17.8 Å². The Balaban J connectivity index is 1.59. The Morgan fingerprint density at radius 1 is 1.25 bits per heavy atom. The second-order valence-electron chi connectivity index (χ2n) is 7.77. The van der Waals surface area contributed by atoms with E-state index in [1.165, 1.54) is 0 Å². The first-order valence-electron chi connectivity index (χ1n) is 9.34. The summed E-state index contributed by atoms with van der Waals surface area (Å²) in [5.74, 6) is -0.0127. The monoisotopic (exact) mass is 426 g/mol. The van der Waals surface area contributed by atoms with Crippen molar-refractivity contribution in [2.24, 2.45) is 5.92 Å². The molecule has 0 aliphatic carbocycles. The Morgan fingerprint density at radius 2 is 1.93 bits per heavy atom. The van der Waals surface area contributed by atoms with Gasteiger partial charge in [0.25, 0.3) is 0 Å². The molecule has 1 aromatic rings.